The van der Waals surface area contributed by atoms with Crippen LogP contribution in [0.15, 0.2) is 18.2 Å². The number of halogens is 1. The number of aliphatic hydroxyl groups is 1. The van der Waals surface area contributed by atoms with Gasteiger partial charge in [0.25, 0.3) is 0 Å². The van der Waals surface area contributed by atoms with Gasteiger partial charge in [0, 0.05) is 9.13 Å². The molecule has 6 heteroatoms. The summed E-state index contributed by atoms with van der Waals surface area (Å²) in [5, 5.41) is 20.3. The lowest BCUT2D eigenvalue weighted by molar-refractivity contribution is -0.141. The van der Waals surface area contributed by atoms with Crippen LogP contribution in [-0.2, 0) is 9.53 Å². The molecule has 2 N–H and O–H groups in total. The first kappa shape index (κ1) is 17.6. The normalized spacial score (nSPS) is 13.1. The third-order valence-electron chi connectivity index (χ3n) is 3.16. The summed E-state index contributed by atoms with van der Waals surface area (Å²) in [6.07, 6.45) is -0.356. The van der Waals surface area contributed by atoms with Crippen molar-refractivity contribution in [2.45, 2.75) is 26.4 Å². The second kappa shape index (κ2) is 7.51. The van der Waals surface area contributed by atoms with Crippen LogP contribution in [0.2, 0.25) is 0 Å². The molecule has 0 aliphatic rings. The lowest BCUT2D eigenvalue weighted by atomic mass is 9.80. The monoisotopic (exact) mass is 410 g/mol. The van der Waals surface area contributed by atoms with Gasteiger partial charge in [0.1, 0.15) is 5.75 Å². The van der Waals surface area contributed by atoms with Gasteiger partial charge in [-0.05, 0) is 52.6 Å². The first-order valence-electron chi connectivity index (χ1n) is 6.21. The number of hydrogen-bond acceptors (Lipinski definition) is 5. The number of benzene rings is 1. The van der Waals surface area contributed by atoms with E-state index in [1.54, 1.807) is 18.2 Å². The summed E-state index contributed by atoms with van der Waals surface area (Å²) in [6.45, 7) is 3.95. The van der Waals surface area contributed by atoms with Gasteiger partial charge in [-0.3, -0.25) is 4.79 Å². The van der Waals surface area contributed by atoms with Crippen molar-refractivity contribution < 1.29 is 19.7 Å². The van der Waals surface area contributed by atoms with E-state index in [2.05, 4.69) is 35.2 Å². The van der Waals surface area contributed by atoms with Crippen molar-refractivity contribution in [2.24, 2.45) is 5.41 Å². The molecule has 1 aromatic carbocycles. The van der Waals surface area contributed by atoms with Crippen LogP contribution in [0.4, 0.5) is 0 Å². The molecule has 0 radical (unpaired) electrons. The van der Waals surface area contributed by atoms with E-state index in [1.807, 2.05) is 13.8 Å². The molecular weight excluding hydrogens is 391 g/mol. The summed E-state index contributed by atoms with van der Waals surface area (Å²) in [6, 6.07) is 5.09. The Morgan fingerprint density at radius 2 is 2.15 bits per heavy atom. The SMILES string of the molecule is CC(C)(CCOC(=O)CS)[C@H](O)c1cc(I)ccc1O. The van der Waals surface area contributed by atoms with E-state index in [0.29, 0.717) is 12.0 Å². The Morgan fingerprint density at radius 3 is 2.75 bits per heavy atom. The zero-order valence-electron chi connectivity index (χ0n) is 11.5. The van der Waals surface area contributed by atoms with Gasteiger partial charge in [-0.2, -0.15) is 12.6 Å². The van der Waals surface area contributed by atoms with E-state index >= 15 is 0 Å². The van der Waals surface area contributed by atoms with Gasteiger partial charge in [0.15, 0.2) is 0 Å². The molecule has 0 bridgehead atoms. The summed E-state index contributed by atoms with van der Waals surface area (Å²) in [7, 11) is 0. The average Bonchev–Trinajstić information content (AvgIpc) is 2.40. The predicted octanol–water partition coefficient (Wildman–Crippen LogP) is 2.92. The molecule has 0 spiro atoms. The third kappa shape index (κ3) is 4.82. The zero-order chi connectivity index (χ0) is 15.3. The molecule has 112 valence electrons. The smallest absolute Gasteiger partial charge is 0.315 e. The fraction of sp³-hybridized carbons (Fsp3) is 0.500. The van der Waals surface area contributed by atoms with Crippen molar-refractivity contribution in [1.82, 2.24) is 0 Å². The number of esters is 1. The molecule has 1 aromatic rings. The highest BCUT2D eigenvalue weighted by molar-refractivity contribution is 14.1. The number of aromatic hydroxyl groups is 1. The molecule has 0 saturated carbocycles. The minimum atomic E-state index is -0.841. The Kier molecular flexibility index (Phi) is 6.60. The predicted molar refractivity (Wildman–Crippen MR) is 89.0 cm³/mol. The molecule has 0 aromatic heterocycles. The van der Waals surface area contributed by atoms with E-state index in [9.17, 15) is 15.0 Å². The molecule has 0 heterocycles. The van der Waals surface area contributed by atoms with Crippen LogP contribution >= 0.6 is 35.2 Å². The molecule has 1 atom stereocenters. The third-order valence-corrected chi connectivity index (χ3v) is 4.09. The Morgan fingerprint density at radius 1 is 1.50 bits per heavy atom. The Bertz CT molecular complexity index is 476. The summed E-state index contributed by atoms with van der Waals surface area (Å²) in [5.41, 5.74) is -0.0406. The molecular formula is C14H19IO4S. The van der Waals surface area contributed by atoms with Crippen LogP contribution in [0, 0.1) is 8.99 Å². The zero-order valence-corrected chi connectivity index (χ0v) is 14.5. The molecule has 0 aliphatic heterocycles. The molecule has 0 saturated heterocycles. The molecule has 1 rings (SSSR count). The fourth-order valence-corrected chi connectivity index (χ4v) is 2.38. The van der Waals surface area contributed by atoms with Gasteiger partial charge >= 0.3 is 5.97 Å². The largest absolute Gasteiger partial charge is 0.508 e. The van der Waals surface area contributed by atoms with Crippen molar-refractivity contribution in [3.8, 4) is 5.75 Å². The van der Waals surface area contributed by atoms with Crippen LogP contribution in [0.1, 0.15) is 31.9 Å². The van der Waals surface area contributed by atoms with E-state index in [4.69, 9.17) is 4.74 Å². The number of aliphatic hydroxyl groups excluding tert-OH is 1. The van der Waals surface area contributed by atoms with Crippen molar-refractivity contribution in [3.63, 3.8) is 0 Å². The summed E-state index contributed by atoms with van der Waals surface area (Å²) >= 11 is 5.95. The second-order valence-electron chi connectivity index (χ2n) is 5.22. The number of rotatable bonds is 6. The van der Waals surface area contributed by atoms with E-state index in [-0.39, 0.29) is 24.1 Å². The summed E-state index contributed by atoms with van der Waals surface area (Å²) < 4.78 is 5.91. The van der Waals surface area contributed by atoms with Crippen molar-refractivity contribution in [3.05, 3.63) is 27.3 Å². The van der Waals surface area contributed by atoms with Crippen LogP contribution in [0.3, 0.4) is 0 Å². The molecule has 20 heavy (non-hydrogen) atoms. The number of phenols is 1. The maximum absolute atomic E-state index is 11.0. The van der Waals surface area contributed by atoms with Gasteiger partial charge in [0.2, 0.25) is 0 Å². The van der Waals surface area contributed by atoms with E-state index < -0.39 is 11.5 Å². The van der Waals surface area contributed by atoms with Crippen LogP contribution < -0.4 is 0 Å². The highest BCUT2D eigenvalue weighted by atomic mass is 127. The standard InChI is InChI=1S/C14H19IO4S/c1-14(2,5-6-19-12(17)8-20)13(18)10-7-9(15)3-4-11(10)16/h3-4,7,13,16,18,20H,5-6,8H2,1-2H3/t13-/m1/s1. The Balaban J connectivity index is 2.75. The molecule has 0 aliphatic carbocycles. The van der Waals surface area contributed by atoms with Crippen molar-refractivity contribution in [2.75, 3.05) is 12.4 Å². The van der Waals surface area contributed by atoms with Gasteiger partial charge in [-0.25, -0.2) is 0 Å². The van der Waals surface area contributed by atoms with Crippen molar-refractivity contribution in [1.29, 1.82) is 0 Å². The van der Waals surface area contributed by atoms with E-state index in [1.165, 1.54) is 0 Å². The number of phenolic OH excluding ortho intramolecular Hbond substituents is 1. The number of thiol groups is 1. The minimum absolute atomic E-state index is 0.0423. The first-order chi connectivity index (χ1) is 9.27. The summed E-state index contributed by atoms with van der Waals surface area (Å²) in [4.78, 5) is 11.0. The van der Waals surface area contributed by atoms with Crippen LogP contribution in [-0.4, -0.2) is 28.5 Å². The number of carbonyl (C=O) groups excluding carboxylic acids is 1. The lowest BCUT2D eigenvalue weighted by Gasteiger charge is -2.31. The molecule has 0 fully saturated rings. The van der Waals surface area contributed by atoms with Gasteiger partial charge in [-0.15, -0.1) is 0 Å². The fourth-order valence-electron chi connectivity index (χ4n) is 1.78. The maximum Gasteiger partial charge on any atom is 0.315 e. The Hall–Kier alpha value is -0.470. The second-order valence-corrected chi connectivity index (χ2v) is 6.78. The van der Waals surface area contributed by atoms with Crippen LogP contribution in [0.5, 0.6) is 5.75 Å². The lowest BCUT2D eigenvalue weighted by Crippen LogP contribution is -2.25. The van der Waals surface area contributed by atoms with Gasteiger partial charge < -0.3 is 14.9 Å². The average molecular weight is 410 g/mol. The summed E-state index contributed by atoms with van der Waals surface area (Å²) in [5.74, 6) is -0.269. The number of ether oxygens (including phenoxy) is 1. The minimum Gasteiger partial charge on any atom is -0.508 e. The molecule has 4 nitrogen and oxygen atoms in total. The Labute approximate surface area is 138 Å². The quantitative estimate of drug-likeness (QED) is 0.383. The maximum atomic E-state index is 11.0. The van der Waals surface area contributed by atoms with Gasteiger partial charge in [0.05, 0.1) is 18.5 Å². The van der Waals surface area contributed by atoms with E-state index in [0.717, 1.165) is 3.57 Å². The highest BCUT2D eigenvalue weighted by Gasteiger charge is 2.31. The number of carbonyl (C=O) groups is 1. The van der Waals surface area contributed by atoms with Crippen LogP contribution in [0.25, 0.3) is 0 Å². The number of hydrogen-bond donors (Lipinski definition) is 3. The van der Waals surface area contributed by atoms with Crippen molar-refractivity contribution >= 4 is 41.2 Å². The molecule has 0 unspecified atom stereocenters. The first-order valence-corrected chi connectivity index (χ1v) is 7.92. The highest BCUT2D eigenvalue weighted by Crippen LogP contribution is 2.40. The molecule has 0 amide bonds. The topological polar surface area (TPSA) is 66.8 Å². The van der Waals surface area contributed by atoms with Gasteiger partial charge in [-0.1, -0.05) is 13.8 Å².